The van der Waals surface area contributed by atoms with Crippen molar-refractivity contribution in [3.05, 3.63) is 70.1 Å². The molecule has 118 valence electrons. The van der Waals surface area contributed by atoms with Gasteiger partial charge in [0.2, 0.25) is 0 Å². The van der Waals surface area contributed by atoms with E-state index < -0.39 is 0 Å². The fourth-order valence-corrected chi connectivity index (χ4v) is 2.56. The largest absolute Gasteiger partial charge is 0.422 e. The molecule has 0 amide bonds. The van der Waals surface area contributed by atoms with Crippen LogP contribution in [0.25, 0.3) is 22.1 Å². The van der Waals surface area contributed by atoms with Crippen LogP contribution in [0.15, 0.2) is 57.7 Å². The number of hydrogen-bond acceptors (Lipinski definition) is 4. The first-order chi connectivity index (χ1) is 11.2. The van der Waals surface area contributed by atoms with E-state index in [1.807, 2.05) is 48.5 Å². The Morgan fingerprint density at radius 2 is 1.52 bits per heavy atom. The number of ether oxygens (including phenoxy) is 2. The molecule has 0 atom stereocenters. The molecule has 1 aromatic heterocycles. The van der Waals surface area contributed by atoms with Crippen molar-refractivity contribution < 1.29 is 13.9 Å². The minimum absolute atomic E-state index is 0.341. The highest BCUT2D eigenvalue weighted by molar-refractivity contribution is 5.82. The molecule has 0 saturated heterocycles. The van der Waals surface area contributed by atoms with Gasteiger partial charge in [0.25, 0.3) is 0 Å². The second kappa shape index (κ2) is 6.77. The summed E-state index contributed by atoms with van der Waals surface area (Å²) in [5, 5.41) is 0.889. The summed E-state index contributed by atoms with van der Waals surface area (Å²) in [5.41, 5.74) is 3.66. The van der Waals surface area contributed by atoms with E-state index in [4.69, 9.17) is 13.9 Å². The second-order valence-corrected chi connectivity index (χ2v) is 5.38. The average Bonchev–Trinajstić information content (AvgIpc) is 2.56. The molecule has 4 nitrogen and oxygen atoms in total. The predicted molar refractivity (Wildman–Crippen MR) is 89.3 cm³/mol. The molecule has 0 aliphatic heterocycles. The first-order valence-corrected chi connectivity index (χ1v) is 7.35. The fraction of sp³-hybridized carbons (Fsp3) is 0.211. The maximum atomic E-state index is 12.3. The molecule has 4 heteroatoms. The third-order valence-electron chi connectivity index (χ3n) is 3.69. The maximum Gasteiger partial charge on any atom is 0.344 e. The lowest BCUT2D eigenvalue weighted by Crippen LogP contribution is -2.03. The molecule has 2 aromatic carbocycles. The van der Waals surface area contributed by atoms with Crippen LogP contribution in [0.3, 0.4) is 0 Å². The van der Waals surface area contributed by atoms with Crippen LogP contribution in [-0.2, 0) is 22.7 Å². The van der Waals surface area contributed by atoms with Gasteiger partial charge in [-0.25, -0.2) is 4.79 Å². The highest BCUT2D eigenvalue weighted by atomic mass is 16.5. The summed E-state index contributed by atoms with van der Waals surface area (Å²) in [4.78, 5) is 12.3. The van der Waals surface area contributed by atoms with Crippen LogP contribution in [0.5, 0.6) is 0 Å². The minimum atomic E-state index is -0.341. The Morgan fingerprint density at radius 1 is 0.870 bits per heavy atom. The molecule has 23 heavy (non-hydrogen) atoms. The summed E-state index contributed by atoms with van der Waals surface area (Å²) in [5.74, 6) is 0. The molecule has 0 radical (unpaired) electrons. The van der Waals surface area contributed by atoms with Crippen LogP contribution < -0.4 is 5.63 Å². The molecule has 0 saturated carbocycles. The molecule has 0 aliphatic rings. The normalized spacial score (nSPS) is 11.0. The van der Waals surface area contributed by atoms with Crippen molar-refractivity contribution in [1.29, 1.82) is 0 Å². The summed E-state index contributed by atoms with van der Waals surface area (Å²) in [6.07, 6.45) is 0. The second-order valence-electron chi connectivity index (χ2n) is 5.38. The van der Waals surface area contributed by atoms with Gasteiger partial charge in [0.15, 0.2) is 0 Å². The Hall–Kier alpha value is -2.43. The summed E-state index contributed by atoms with van der Waals surface area (Å²) in [6.45, 7) is 1.04. The van der Waals surface area contributed by atoms with Crippen LogP contribution in [0.1, 0.15) is 11.1 Å². The maximum absolute atomic E-state index is 12.3. The monoisotopic (exact) mass is 310 g/mol. The lowest BCUT2D eigenvalue weighted by molar-refractivity contribution is 0.185. The van der Waals surface area contributed by atoms with Crippen molar-refractivity contribution in [3.8, 4) is 11.1 Å². The van der Waals surface area contributed by atoms with E-state index in [0.29, 0.717) is 24.4 Å². The van der Waals surface area contributed by atoms with Crippen LogP contribution in [0.2, 0.25) is 0 Å². The van der Waals surface area contributed by atoms with Crippen LogP contribution >= 0.6 is 0 Å². The first-order valence-electron chi connectivity index (χ1n) is 7.35. The highest BCUT2D eigenvalue weighted by Crippen LogP contribution is 2.22. The minimum Gasteiger partial charge on any atom is -0.422 e. The summed E-state index contributed by atoms with van der Waals surface area (Å²) >= 11 is 0. The van der Waals surface area contributed by atoms with Crippen molar-refractivity contribution in [2.45, 2.75) is 13.2 Å². The average molecular weight is 310 g/mol. The number of rotatable bonds is 5. The summed E-state index contributed by atoms with van der Waals surface area (Å²) in [7, 11) is 3.29. The van der Waals surface area contributed by atoms with Gasteiger partial charge in [-0.05, 0) is 28.8 Å². The lowest BCUT2D eigenvalue weighted by atomic mass is 10.0. The van der Waals surface area contributed by atoms with Crippen molar-refractivity contribution in [2.24, 2.45) is 0 Å². The molecule has 0 unspecified atom stereocenters. The molecule has 3 aromatic rings. The zero-order valence-electron chi connectivity index (χ0n) is 13.2. The first kappa shape index (κ1) is 15.5. The van der Waals surface area contributed by atoms with Crippen molar-refractivity contribution in [2.75, 3.05) is 14.2 Å². The quantitative estimate of drug-likeness (QED) is 0.673. The zero-order chi connectivity index (χ0) is 16.2. The summed E-state index contributed by atoms with van der Waals surface area (Å²) < 4.78 is 15.7. The van der Waals surface area contributed by atoms with Gasteiger partial charge in [-0.3, -0.25) is 0 Å². The van der Waals surface area contributed by atoms with E-state index in [1.165, 1.54) is 0 Å². The predicted octanol–water partition coefficient (Wildman–Crippen LogP) is 3.75. The topological polar surface area (TPSA) is 48.7 Å². The van der Waals surface area contributed by atoms with Gasteiger partial charge in [-0.2, -0.15) is 0 Å². The van der Waals surface area contributed by atoms with Crippen LogP contribution in [0.4, 0.5) is 0 Å². The lowest BCUT2D eigenvalue weighted by Gasteiger charge is -2.06. The van der Waals surface area contributed by atoms with Gasteiger partial charge >= 0.3 is 5.63 Å². The number of hydrogen-bond donors (Lipinski definition) is 0. The standard InChI is InChI=1S/C19H18O4/c1-21-11-13-3-6-15(7-4-13)17-10-16-8-5-14(12-22-2)9-18(16)23-19(17)20/h3-10H,11-12H2,1-2H3. The Balaban J connectivity index is 2.02. The van der Waals surface area contributed by atoms with E-state index in [-0.39, 0.29) is 5.63 Å². The smallest absolute Gasteiger partial charge is 0.344 e. The molecule has 0 aliphatic carbocycles. The van der Waals surface area contributed by atoms with Crippen LogP contribution in [-0.4, -0.2) is 14.2 Å². The van der Waals surface area contributed by atoms with Gasteiger partial charge < -0.3 is 13.9 Å². The highest BCUT2D eigenvalue weighted by Gasteiger charge is 2.08. The fourth-order valence-electron chi connectivity index (χ4n) is 2.56. The molecule has 0 N–H and O–H groups in total. The van der Waals surface area contributed by atoms with Crippen LogP contribution in [0, 0.1) is 0 Å². The third kappa shape index (κ3) is 3.33. The molecule has 0 spiro atoms. The van der Waals surface area contributed by atoms with Gasteiger partial charge in [-0.1, -0.05) is 36.4 Å². The van der Waals surface area contributed by atoms with E-state index in [0.717, 1.165) is 22.1 Å². The molecule has 1 heterocycles. The number of benzene rings is 2. The Labute approximate surface area is 134 Å². The van der Waals surface area contributed by atoms with Gasteiger partial charge in [-0.15, -0.1) is 0 Å². The zero-order valence-corrected chi connectivity index (χ0v) is 13.2. The number of fused-ring (bicyclic) bond motifs is 1. The summed E-state index contributed by atoms with van der Waals surface area (Å²) in [6, 6.07) is 15.3. The SMILES string of the molecule is COCc1ccc(-c2cc3ccc(COC)cc3oc2=O)cc1. The van der Waals surface area contributed by atoms with E-state index in [2.05, 4.69) is 0 Å². The van der Waals surface area contributed by atoms with E-state index in [1.54, 1.807) is 14.2 Å². The Morgan fingerprint density at radius 3 is 2.22 bits per heavy atom. The molecule has 3 rings (SSSR count). The van der Waals surface area contributed by atoms with Gasteiger partial charge in [0.1, 0.15) is 5.58 Å². The Kier molecular flexibility index (Phi) is 4.55. The molecular formula is C19H18O4. The molecular weight excluding hydrogens is 292 g/mol. The number of methoxy groups -OCH3 is 2. The van der Waals surface area contributed by atoms with E-state index in [9.17, 15) is 4.79 Å². The van der Waals surface area contributed by atoms with Gasteiger partial charge in [0, 0.05) is 19.6 Å². The Bertz CT molecular complexity index is 863. The van der Waals surface area contributed by atoms with Crippen molar-refractivity contribution in [3.63, 3.8) is 0 Å². The van der Waals surface area contributed by atoms with Crippen molar-refractivity contribution in [1.82, 2.24) is 0 Å². The molecule has 0 fully saturated rings. The van der Waals surface area contributed by atoms with E-state index >= 15 is 0 Å². The molecule has 0 bridgehead atoms. The third-order valence-corrected chi connectivity index (χ3v) is 3.69. The van der Waals surface area contributed by atoms with Gasteiger partial charge in [0.05, 0.1) is 18.8 Å². The van der Waals surface area contributed by atoms with Crippen molar-refractivity contribution >= 4 is 11.0 Å².